The summed E-state index contributed by atoms with van der Waals surface area (Å²) in [5.41, 5.74) is 1.30. The molecule has 108 valence electrons. The van der Waals surface area contributed by atoms with E-state index in [0.29, 0.717) is 13.1 Å². The van der Waals surface area contributed by atoms with Crippen LogP contribution in [0.5, 0.6) is 0 Å². The summed E-state index contributed by atoms with van der Waals surface area (Å²) in [6.07, 6.45) is 3.68. The highest BCUT2D eigenvalue weighted by Crippen LogP contribution is 2.37. The van der Waals surface area contributed by atoms with Crippen LogP contribution >= 0.6 is 33.9 Å². The van der Waals surface area contributed by atoms with Crippen molar-refractivity contribution < 1.29 is 5.11 Å². The molecule has 0 unspecified atom stereocenters. The molecule has 4 heterocycles. The Morgan fingerprint density at radius 2 is 2.24 bits per heavy atom. The molecule has 3 aromatic rings. The molecule has 5 nitrogen and oxygen atoms in total. The minimum absolute atomic E-state index is 0.578. The number of pyridine rings is 1. The number of hydrogen-bond donors (Lipinski definition) is 2. The second-order valence-corrected chi connectivity index (χ2v) is 7.42. The summed E-state index contributed by atoms with van der Waals surface area (Å²) in [6.45, 7) is 1.16. The van der Waals surface area contributed by atoms with E-state index in [2.05, 4.69) is 48.5 Å². The van der Waals surface area contributed by atoms with Crippen molar-refractivity contribution in [3.8, 4) is 10.4 Å². The molecule has 0 aliphatic carbocycles. The van der Waals surface area contributed by atoms with Gasteiger partial charge in [0.25, 0.3) is 0 Å². The molecule has 0 amide bonds. The zero-order valence-corrected chi connectivity index (χ0v) is 14.3. The second kappa shape index (κ2) is 4.73. The molecular formula is C14H13IN4OS. The molecule has 7 heteroatoms. The van der Waals surface area contributed by atoms with Crippen molar-refractivity contribution in [3.05, 3.63) is 33.2 Å². The van der Waals surface area contributed by atoms with Crippen molar-refractivity contribution in [2.24, 2.45) is 7.05 Å². The molecule has 0 aromatic carbocycles. The number of fused-ring (bicyclic) bond motifs is 1. The van der Waals surface area contributed by atoms with Gasteiger partial charge in [0, 0.05) is 43.5 Å². The van der Waals surface area contributed by atoms with Crippen LogP contribution in [0.3, 0.4) is 0 Å². The third-order valence-corrected chi connectivity index (χ3v) is 6.13. The minimum Gasteiger partial charge on any atom is -0.380 e. The summed E-state index contributed by atoms with van der Waals surface area (Å²) in [6, 6.07) is 4.15. The zero-order chi connectivity index (χ0) is 14.6. The largest absolute Gasteiger partial charge is 0.380 e. The molecular weight excluding hydrogens is 399 g/mol. The number of aliphatic hydroxyl groups is 1. The maximum atomic E-state index is 10.4. The highest BCUT2D eigenvalue weighted by atomic mass is 127. The Labute approximate surface area is 139 Å². The van der Waals surface area contributed by atoms with Crippen LogP contribution in [-0.2, 0) is 12.6 Å². The van der Waals surface area contributed by atoms with E-state index in [4.69, 9.17) is 0 Å². The van der Waals surface area contributed by atoms with Crippen LogP contribution in [0.15, 0.2) is 24.5 Å². The molecule has 1 saturated heterocycles. The van der Waals surface area contributed by atoms with Crippen LogP contribution in [0.4, 0.5) is 0 Å². The molecule has 4 rings (SSSR count). The number of β-amino-alcohol motifs (C(OH)–C–C–N with tert-alkyl or cyclic N) is 1. The third-order valence-electron chi connectivity index (χ3n) is 3.87. The molecule has 1 aliphatic rings. The summed E-state index contributed by atoms with van der Waals surface area (Å²) in [5.74, 6) is 0. The Bertz CT molecular complexity index is 837. The van der Waals surface area contributed by atoms with Gasteiger partial charge in [0.1, 0.15) is 16.3 Å². The van der Waals surface area contributed by atoms with Crippen LogP contribution in [0.2, 0.25) is 0 Å². The van der Waals surface area contributed by atoms with Crippen molar-refractivity contribution in [2.75, 3.05) is 13.1 Å². The summed E-state index contributed by atoms with van der Waals surface area (Å²) in [5, 5.41) is 15.4. The highest BCUT2D eigenvalue weighted by Gasteiger charge is 2.39. The topological polar surface area (TPSA) is 63.0 Å². The van der Waals surface area contributed by atoms with Gasteiger partial charge in [-0.3, -0.25) is 0 Å². The molecule has 1 aliphatic heterocycles. The predicted molar refractivity (Wildman–Crippen MR) is 91.3 cm³/mol. The fourth-order valence-electron chi connectivity index (χ4n) is 2.53. The molecule has 2 N–H and O–H groups in total. The van der Waals surface area contributed by atoms with E-state index in [9.17, 15) is 5.11 Å². The summed E-state index contributed by atoms with van der Waals surface area (Å²) < 4.78 is 3.22. The molecule has 0 spiro atoms. The quantitative estimate of drug-likeness (QED) is 0.633. The molecule has 0 saturated carbocycles. The number of nitrogens with zero attached hydrogens (tertiary/aromatic N) is 3. The van der Waals surface area contributed by atoms with Gasteiger partial charge in [-0.05, 0) is 34.7 Å². The monoisotopic (exact) mass is 412 g/mol. The lowest BCUT2D eigenvalue weighted by atomic mass is 9.99. The minimum atomic E-state index is -0.791. The van der Waals surface area contributed by atoms with Crippen molar-refractivity contribution in [1.29, 1.82) is 0 Å². The summed E-state index contributed by atoms with van der Waals surface area (Å²) >= 11 is 3.87. The normalized spacial score (nSPS) is 17.1. The van der Waals surface area contributed by atoms with Gasteiger partial charge in [0.2, 0.25) is 0 Å². The van der Waals surface area contributed by atoms with Crippen LogP contribution in [-0.4, -0.2) is 32.7 Å². The van der Waals surface area contributed by atoms with E-state index in [1.54, 1.807) is 11.3 Å². The smallest absolute Gasteiger partial charge is 0.141 e. The Morgan fingerprint density at radius 1 is 1.43 bits per heavy atom. The maximum absolute atomic E-state index is 10.4. The highest BCUT2D eigenvalue weighted by molar-refractivity contribution is 14.1. The number of rotatable bonds is 2. The third kappa shape index (κ3) is 2.02. The van der Waals surface area contributed by atoms with Crippen LogP contribution in [0.1, 0.15) is 5.01 Å². The molecule has 0 bridgehead atoms. The first-order valence-corrected chi connectivity index (χ1v) is 8.48. The second-order valence-electron chi connectivity index (χ2n) is 5.29. The number of halogens is 1. The number of hydrogen-bond acceptors (Lipinski definition) is 5. The number of aromatic nitrogens is 3. The molecule has 3 aromatic heterocycles. The number of aryl methyl sites for hydroxylation is 1. The number of nitrogens with one attached hydrogen (secondary N) is 1. The van der Waals surface area contributed by atoms with E-state index in [0.717, 1.165) is 30.2 Å². The average molecular weight is 412 g/mol. The van der Waals surface area contributed by atoms with Crippen LogP contribution in [0.25, 0.3) is 21.5 Å². The van der Waals surface area contributed by atoms with Crippen LogP contribution in [0, 0.1) is 3.70 Å². The van der Waals surface area contributed by atoms with E-state index in [1.165, 1.54) is 0 Å². The summed E-state index contributed by atoms with van der Waals surface area (Å²) in [4.78, 5) is 9.94. The average Bonchev–Trinajstić information content (AvgIpc) is 3.03. The van der Waals surface area contributed by atoms with Gasteiger partial charge in [0.05, 0.1) is 8.58 Å². The maximum Gasteiger partial charge on any atom is 0.141 e. The molecule has 0 atom stereocenters. The first-order valence-electron chi connectivity index (χ1n) is 6.58. The Hall–Kier alpha value is -1.03. The van der Waals surface area contributed by atoms with Gasteiger partial charge in [-0.2, -0.15) is 0 Å². The number of thiazole rings is 1. The lowest BCUT2D eigenvalue weighted by Gasteiger charge is -2.35. The van der Waals surface area contributed by atoms with Crippen molar-refractivity contribution in [2.45, 2.75) is 5.60 Å². The molecule has 0 radical (unpaired) electrons. The van der Waals surface area contributed by atoms with Gasteiger partial charge in [0.15, 0.2) is 0 Å². The van der Waals surface area contributed by atoms with Gasteiger partial charge in [-0.1, -0.05) is 0 Å². The van der Waals surface area contributed by atoms with Crippen molar-refractivity contribution in [1.82, 2.24) is 19.9 Å². The molecule has 1 fully saturated rings. The summed E-state index contributed by atoms with van der Waals surface area (Å²) in [7, 11) is 2.02. The zero-order valence-electron chi connectivity index (χ0n) is 11.3. The fraction of sp³-hybridized carbons (Fsp3) is 0.286. The fourth-order valence-corrected chi connectivity index (χ4v) is 4.11. The van der Waals surface area contributed by atoms with E-state index >= 15 is 0 Å². The van der Waals surface area contributed by atoms with Crippen LogP contribution < -0.4 is 5.32 Å². The lowest BCUT2D eigenvalue weighted by molar-refractivity contribution is -0.0148. The standard InChI is InChI=1S/C14H13IN4OS/c1-19-11(15)4-9-8(2-3-17-12(9)19)10-5-18-13(21-10)14(20)6-16-7-14/h2-5,16,20H,6-7H2,1H3. The Morgan fingerprint density at radius 3 is 2.95 bits per heavy atom. The van der Waals surface area contributed by atoms with Crippen molar-refractivity contribution >= 4 is 45.0 Å². The first kappa shape index (κ1) is 13.6. The lowest BCUT2D eigenvalue weighted by Crippen LogP contribution is -2.56. The van der Waals surface area contributed by atoms with E-state index < -0.39 is 5.60 Å². The SMILES string of the molecule is Cn1c(I)cc2c(-c3cnc(C4(O)CNC4)s3)ccnc21. The van der Waals surface area contributed by atoms with E-state index in [1.807, 2.05) is 25.5 Å². The van der Waals surface area contributed by atoms with Gasteiger partial charge in [-0.25, -0.2) is 9.97 Å². The first-order chi connectivity index (χ1) is 10.1. The van der Waals surface area contributed by atoms with Gasteiger partial charge >= 0.3 is 0 Å². The molecule has 21 heavy (non-hydrogen) atoms. The Balaban J connectivity index is 1.85. The Kier molecular flexibility index (Phi) is 3.07. The predicted octanol–water partition coefficient (Wildman–Crippen LogP) is 2.09. The van der Waals surface area contributed by atoms with Gasteiger partial charge in [-0.15, -0.1) is 11.3 Å². The van der Waals surface area contributed by atoms with Crippen molar-refractivity contribution in [3.63, 3.8) is 0 Å². The van der Waals surface area contributed by atoms with E-state index in [-0.39, 0.29) is 0 Å². The van der Waals surface area contributed by atoms with Gasteiger partial charge < -0.3 is 15.0 Å².